The van der Waals surface area contributed by atoms with E-state index < -0.39 is 28.5 Å². The molecule has 0 aromatic heterocycles. The highest BCUT2D eigenvalue weighted by Crippen LogP contribution is 2.35. The highest BCUT2D eigenvalue weighted by molar-refractivity contribution is 7.92. The van der Waals surface area contributed by atoms with E-state index in [-0.39, 0.29) is 39.2 Å². The summed E-state index contributed by atoms with van der Waals surface area (Å²) in [6, 6.07) is 11.6. The molecule has 3 rings (SSSR count). The molecule has 0 radical (unpaired) electrons. The van der Waals surface area contributed by atoms with Gasteiger partial charge < -0.3 is 10.2 Å². The van der Waals surface area contributed by atoms with Crippen LogP contribution < -0.4 is 9.62 Å². The molecule has 0 heterocycles. The van der Waals surface area contributed by atoms with Crippen molar-refractivity contribution in [3.05, 3.63) is 63.1 Å². The van der Waals surface area contributed by atoms with Gasteiger partial charge >= 0.3 is 0 Å². The SMILES string of the molecule is CC[C@@H](C(=O)NC1CCCC1)N(CCc1ccccc1)C(=O)CN(c1cc(Cl)c(Cl)cc1Cl)S(C)(=O)=O. The molecule has 2 aromatic rings. The minimum Gasteiger partial charge on any atom is -0.352 e. The molecule has 0 aliphatic heterocycles. The zero-order valence-electron chi connectivity index (χ0n) is 20.9. The van der Waals surface area contributed by atoms with E-state index in [9.17, 15) is 18.0 Å². The molecule has 2 aromatic carbocycles. The molecule has 1 aliphatic carbocycles. The Balaban J connectivity index is 1.91. The Labute approximate surface area is 234 Å². The smallest absolute Gasteiger partial charge is 0.244 e. The summed E-state index contributed by atoms with van der Waals surface area (Å²) in [4.78, 5) is 28.5. The molecule has 7 nitrogen and oxygen atoms in total. The molecule has 0 saturated heterocycles. The minimum atomic E-state index is -3.94. The second kappa shape index (κ2) is 13.2. The van der Waals surface area contributed by atoms with Gasteiger partial charge in [-0.3, -0.25) is 13.9 Å². The van der Waals surface area contributed by atoms with Crippen molar-refractivity contribution in [3.63, 3.8) is 0 Å². The van der Waals surface area contributed by atoms with Gasteiger partial charge in [0, 0.05) is 12.6 Å². The second-order valence-corrected chi connectivity index (χ2v) is 12.4. The number of hydrogen-bond acceptors (Lipinski definition) is 4. The van der Waals surface area contributed by atoms with E-state index in [2.05, 4.69) is 5.32 Å². The topological polar surface area (TPSA) is 86.8 Å². The molecule has 1 aliphatic rings. The molecule has 1 saturated carbocycles. The quantitative estimate of drug-likeness (QED) is 0.360. The van der Waals surface area contributed by atoms with Gasteiger partial charge in [-0.15, -0.1) is 0 Å². The number of nitrogens with one attached hydrogen (secondary N) is 1. The highest BCUT2D eigenvalue weighted by atomic mass is 35.5. The Bertz CT molecular complexity index is 1210. The molecule has 0 spiro atoms. The lowest BCUT2D eigenvalue weighted by Gasteiger charge is -2.33. The summed E-state index contributed by atoms with van der Waals surface area (Å²) in [5.41, 5.74) is 1.04. The van der Waals surface area contributed by atoms with E-state index in [0.717, 1.165) is 41.8 Å². The fraction of sp³-hybridized carbons (Fsp3) is 0.462. The van der Waals surface area contributed by atoms with E-state index in [1.54, 1.807) is 0 Å². The Morgan fingerprint density at radius 1 is 1.03 bits per heavy atom. The number of anilines is 1. The summed E-state index contributed by atoms with van der Waals surface area (Å²) in [6.45, 7) is 1.54. The summed E-state index contributed by atoms with van der Waals surface area (Å²) >= 11 is 18.5. The molecule has 2 amide bonds. The van der Waals surface area contributed by atoms with Crippen molar-refractivity contribution in [3.8, 4) is 0 Å². The van der Waals surface area contributed by atoms with Crippen LogP contribution in [-0.4, -0.2) is 56.6 Å². The van der Waals surface area contributed by atoms with Crippen LogP contribution in [0.3, 0.4) is 0 Å². The van der Waals surface area contributed by atoms with E-state index in [1.807, 2.05) is 37.3 Å². The fourth-order valence-electron chi connectivity index (χ4n) is 4.56. The first-order chi connectivity index (χ1) is 17.5. The van der Waals surface area contributed by atoms with Crippen molar-refractivity contribution < 1.29 is 18.0 Å². The lowest BCUT2D eigenvalue weighted by molar-refractivity contribution is -0.139. The van der Waals surface area contributed by atoms with Crippen LogP contribution in [-0.2, 0) is 26.0 Å². The van der Waals surface area contributed by atoms with Crippen molar-refractivity contribution in [2.45, 2.75) is 57.5 Å². The standard InChI is InChI=1S/C26H32Cl3N3O4S/c1-3-23(26(34)30-19-11-7-8-12-19)31(14-13-18-9-5-4-6-10-18)25(33)17-32(37(2,35)36)24-16-21(28)20(27)15-22(24)29/h4-6,9-10,15-16,19,23H,3,7-8,11-14,17H2,1-2H3,(H,30,34)/t23-/m0/s1. The molecule has 0 unspecified atom stereocenters. The Kier molecular flexibility index (Phi) is 10.5. The van der Waals surface area contributed by atoms with Gasteiger partial charge in [0.1, 0.15) is 12.6 Å². The van der Waals surface area contributed by atoms with Crippen LogP contribution in [0.5, 0.6) is 0 Å². The number of rotatable bonds is 11. The number of benzene rings is 2. The summed E-state index contributed by atoms with van der Waals surface area (Å²) in [5.74, 6) is -0.744. The van der Waals surface area contributed by atoms with Crippen LogP contribution >= 0.6 is 34.8 Å². The molecule has 202 valence electrons. The predicted octanol–water partition coefficient (Wildman–Crippen LogP) is 5.32. The molecule has 0 bridgehead atoms. The number of amides is 2. The van der Waals surface area contributed by atoms with Crippen molar-refractivity contribution in [1.82, 2.24) is 10.2 Å². The number of carbonyl (C=O) groups is 2. The minimum absolute atomic E-state index is 0.0366. The highest BCUT2D eigenvalue weighted by Gasteiger charge is 2.33. The third-order valence-electron chi connectivity index (χ3n) is 6.51. The average Bonchev–Trinajstić information content (AvgIpc) is 3.35. The van der Waals surface area contributed by atoms with Gasteiger partial charge in [0.05, 0.1) is 27.0 Å². The fourth-order valence-corrected chi connectivity index (χ4v) is 6.11. The number of hydrogen-bond donors (Lipinski definition) is 1. The zero-order chi connectivity index (χ0) is 27.2. The van der Waals surface area contributed by atoms with E-state index in [0.29, 0.717) is 12.8 Å². The van der Waals surface area contributed by atoms with Crippen LogP contribution in [0, 0.1) is 0 Å². The van der Waals surface area contributed by atoms with Crippen LogP contribution in [0.15, 0.2) is 42.5 Å². The number of carbonyl (C=O) groups excluding carboxylic acids is 2. The van der Waals surface area contributed by atoms with Crippen LogP contribution in [0.1, 0.15) is 44.6 Å². The maximum absolute atomic E-state index is 13.7. The molecule has 1 fully saturated rings. The summed E-state index contributed by atoms with van der Waals surface area (Å²) in [6.07, 6.45) is 5.82. The number of halogens is 3. The average molecular weight is 589 g/mol. The van der Waals surface area contributed by atoms with Crippen LogP contribution in [0.25, 0.3) is 0 Å². The zero-order valence-corrected chi connectivity index (χ0v) is 24.0. The maximum Gasteiger partial charge on any atom is 0.244 e. The summed E-state index contributed by atoms with van der Waals surface area (Å²) < 4.78 is 26.4. The van der Waals surface area contributed by atoms with Gasteiger partial charge in [-0.05, 0) is 43.4 Å². The summed E-state index contributed by atoms with van der Waals surface area (Å²) in [5, 5.41) is 3.38. The molecule has 37 heavy (non-hydrogen) atoms. The van der Waals surface area contributed by atoms with Crippen molar-refractivity contribution in [1.29, 1.82) is 0 Å². The van der Waals surface area contributed by atoms with Gasteiger partial charge in [0.2, 0.25) is 21.8 Å². The van der Waals surface area contributed by atoms with Gasteiger partial charge in [-0.25, -0.2) is 8.42 Å². The van der Waals surface area contributed by atoms with Crippen LogP contribution in [0.2, 0.25) is 15.1 Å². The number of sulfonamides is 1. The van der Waals surface area contributed by atoms with Crippen LogP contribution in [0.4, 0.5) is 5.69 Å². The number of nitrogens with zero attached hydrogens (tertiary/aromatic N) is 2. The predicted molar refractivity (Wildman–Crippen MR) is 150 cm³/mol. The molecular formula is C26H32Cl3N3O4S. The van der Waals surface area contributed by atoms with Gasteiger partial charge in [0.15, 0.2) is 0 Å². The largest absolute Gasteiger partial charge is 0.352 e. The molecule has 1 N–H and O–H groups in total. The molecule has 11 heteroatoms. The van der Waals surface area contributed by atoms with Gasteiger partial charge in [0.25, 0.3) is 0 Å². The van der Waals surface area contributed by atoms with Crippen molar-refractivity contribution >= 4 is 62.3 Å². The molecule has 1 atom stereocenters. The molecular weight excluding hydrogens is 557 g/mol. The lowest BCUT2D eigenvalue weighted by atomic mass is 10.1. The third-order valence-corrected chi connectivity index (χ3v) is 8.66. The van der Waals surface area contributed by atoms with E-state index in [4.69, 9.17) is 34.8 Å². The van der Waals surface area contributed by atoms with Crippen molar-refractivity contribution in [2.75, 3.05) is 23.7 Å². The van der Waals surface area contributed by atoms with Gasteiger partial charge in [-0.2, -0.15) is 0 Å². The van der Waals surface area contributed by atoms with E-state index >= 15 is 0 Å². The van der Waals surface area contributed by atoms with E-state index in [1.165, 1.54) is 17.0 Å². The summed E-state index contributed by atoms with van der Waals surface area (Å²) in [7, 11) is -3.94. The Morgan fingerprint density at radius 3 is 2.24 bits per heavy atom. The maximum atomic E-state index is 13.7. The first kappa shape index (κ1) is 29.6. The van der Waals surface area contributed by atoms with Gasteiger partial charge in [-0.1, -0.05) is 84.9 Å². The van der Waals surface area contributed by atoms with Crippen molar-refractivity contribution in [2.24, 2.45) is 0 Å². The first-order valence-electron chi connectivity index (χ1n) is 12.3. The second-order valence-electron chi connectivity index (χ2n) is 9.22. The third kappa shape index (κ3) is 7.99. The Hall–Kier alpha value is -2.00. The Morgan fingerprint density at radius 2 is 1.65 bits per heavy atom. The first-order valence-corrected chi connectivity index (χ1v) is 15.3. The normalized spacial score (nSPS) is 14.8. The lowest BCUT2D eigenvalue weighted by Crippen LogP contribution is -2.54. The monoisotopic (exact) mass is 587 g/mol.